The van der Waals surface area contributed by atoms with Crippen LogP contribution in [0.15, 0.2) is 4.52 Å². The molecule has 6 heteroatoms. The van der Waals surface area contributed by atoms with Crippen LogP contribution in [0.3, 0.4) is 0 Å². The van der Waals surface area contributed by atoms with Crippen molar-refractivity contribution in [3.05, 3.63) is 17.0 Å². The molecule has 0 aliphatic rings. The number of carbonyl (C=O) groups excluding carboxylic acids is 1. The molecule has 1 heterocycles. The highest BCUT2D eigenvalue weighted by Crippen LogP contribution is 2.20. The SMILES string of the molecule is Cc1noc(C)c1CSCC(=O)NCC(C)(C)CCO. The normalized spacial score (nSPS) is 11.7. The number of aromatic nitrogens is 1. The van der Waals surface area contributed by atoms with Gasteiger partial charge in [-0.05, 0) is 25.7 Å². The third kappa shape index (κ3) is 5.54. The van der Waals surface area contributed by atoms with Gasteiger partial charge in [-0.3, -0.25) is 4.79 Å². The number of carbonyl (C=O) groups is 1. The van der Waals surface area contributed by atoms with Gasteiger partial charge in [-0.1, -0.05) is 19.0 Å². The van der Waals surface area contributed by atoms with Gasteiger partial charge in [0.05, 0.1) is 11.4 Å². The molecule has 2 N–H and O–H groups in total. The van der Waals surface area contributed by atoms with Gasteiger partial charge in [0, 0.05) is 24.5 Å². The zero-order chi connectivity index (χ0) is 15.2. The van der Waals surface area contributed by atoms with Crippen molar-refractivity contribution in [3.63, 3.8) is 0 Å². The number of hydrogen-bond acceptors (Lipinski definition) is 5. The summed E-state index contributed by atoms with van der Waals surface area (Å²) in [4.78, 5) is 11.8. The first kappa shape index (κ1) is 17.0. The number of nitrogens with one attached hydrogen (secondary N) is 1. The van der Waals surface area contributed by atoms with Crippen LogP contribution in [0.1, 0.15) is 37.3 Å². The molecular formula is C14H24N2O3S. The zero-order valence-corrected chi connectivity index (χ0v) is 13.5. The van der Waals surface area contributed by atoms with Crippen LogP contribution in [-0.2, 0) is 10.5 Å². The number of rotatable bonds is 8. The number of hydrogen-bond donors (Lipinski definition) is 2. The summed E-state index contributed by atoms with van der Waals surface area (Å²) in [6, 6.07) is 0. The third-order valence-corrected chi connectivity index (χ3v) is 4.17. The average Bonchev–Trinajstić information content (AvgIpc) is 2.68. The lowest BCUT2D eigenvalue weighted by atomic mass is 9.90. The second-order valence-corrected chi connectivity index (χ2v) is 6.70. The molecule has 0 saturated heterocycles. The Kier molecular flexibility index (Phi) is 6.55. The molecule has 1 amide bonds. The lowest BCUT2D eigenvalue weighted by Crippen LogP contribution is -2.35. The monoisotopic (exact) mass is 300 g/mol. The van der Waals surface area contributed by atoms with Gasteiger partial charge < -0.3 is 14.9 Å². The highest BCUT2D eigenvalue weighted by Gasteiger charge is 2.18. The minimum Gasteiger partial charge on any atom is -0.396 e. The van der Waals surface area contributed by atoms with Crippen LogP contribution < -0.4 is 5.32 Å². The fraction of sp³-hybridized carbons (Fsp3) is 0.714. The number of aliphatic hydroxyl groups is 1. The molecule has 0 aliphatic carbocycles. The van der Waals surface area contributed by atoms with Crippen molar-refractivity contribution in [1.82, 2.24) is 10.5 Å². The Bertz CT molecular complexity index is 424. The second-order valence-electron chi connectivity index (χ2n) is 5.71. The van der Waals surface area contributed by atoms with Crippen molar-refractivity contribution in [3.8, 4) is 0 Å². The molecule has 0 atom stereocenters. The minimum absolute atomic E-state index is 0.0211. The van der Waals surface area contributed by atoms with Crippen molar-refractivity contribution in [1.29, 1.82) is 0 Å². The molecule has 0 radical (unpaired) electrons. The summed E-state index contributed by atoms with van der Waals surface area (Å²) in [7, 11) is 0. The third-order valence-electron chi connectivity index (χ3n) is 3.21. The predicted octanol–water partition coefficient (Wildman–Crippen LogP) is 2.05. The Balaban J connectivity index is 2.27. The molecule has 0 spiro atoms. The molecule has 0 aliphatic heterocycles. The summed E-state index contributed by atoms with van der Waals surface area (Å²) in [5, 5.41) is 15.7. The minimum atomic E-state index is -0.0727. The maximum atomic E-state index is 11.8. The number of amides is 1. The molecule has 1 aromatic heterocycles. The Morgan fingerprint density at radius 2 is 2.15 bits per heavy atom. The quantitative estimate of drug-likeness (QED) is 0.768. The number of nitrogens with zero attached hydrogens (tertiary/aromatic N) is 1. The van der Waals surface area contributed by atoms with Crippen molar-refractivity contribution in [2.45, 2.75) is 39.9 Å². The highest BCUT2D eigenvalue weighted by molar-refractivity contribution is 7.99. The van der Waals surface area contributed by atoms with Gasteiger partial charge in [-0.15, -0.1) is 11.8 Å². The molecule has 0 aromatic carbocycles. The molecular weight excluding hydrogens is 276 g/mol. The van der Waals surface area contributed by atoms with Crippen LogP contribution in [0, 0.1) is 19.3 Å². The Hall–Kier alpha value is -1.01. The van der Waals surface area contributed by atoms with E-state index < -0.39 is 0 Å². The first-order valence-electron chi connectivity index (χ1n) is 6.73. The average molecular weight is 300 g/mol. The Labute approximate surface area is 124 Å². The molecule has 20 heavy (non-hydrogen) atoms. The van der Waals surface area contributed by atoms with Crippen LogP contribution in [-0.4, -0.2) is 35.1 Å². The van der Waals surface area contributed by atoms with Gasteiger partial charge >= 0.3 is 0 Å². The largest absolute Gasteiger partial charge is 0.396 e. The van der Waals surface area contributed by atoms with Crippen LogP contribution in [0.2, 0.25) is 0 Å². The molecule has 0 fully saturated rings. The van der Waals surface area contributed by atoms with E-state index in [-0.39, 0.29) is 17.9 Å². The predicted molar refractivity (Wildman–Crippen MR) is 80.6 cm³/mol. The van der Waals surface area contributed by atoms with E-state index in [1.807, 2.05) is 27.7 Å². The summed E-state index contributed by atoms with van der Waals surface area (Å²) >= 11 is 1.55. The van der Waals surface area contributed by atoms with Gasteiger partial charge in [0.25, 0.3) is 0 Å². The maximum Gasteiger partial charge on any atom is 0.230 e. The van der Waals surface area contributed by atoms with Crippen LogP contribution in [0.5, 0.6) is 0 Å². The molecule has 114 valence electrons. The van der Waals surface area contributed by atoms with E-state index in [0.29, 0.717) is 18.7 Å². The molecule has 0 bridgehead atoms. The first-order valence-corrected chi connectivity index (χ1v) is 7.88. The van der Waals surface area contributed by atoms with E-state index in [4.69, 9.17) is 9.63 Å². The lowest BCUT2D eigenvalue weighted by molar-refractivity contribution is -0.119. The van der Waals surface area contributed by atoms with E-state index in [1.165, 1.54) is 0 Å². The van der Waals surface area contributed by atoms with Crippen molar-refractivity contribution in [2.75, 3.05) is 18.9 Å². The standard InChI is InChI=1S/C14H24N2O3S/c1-10-12(11(2)19-16-10)7-20-8-13(18)15-9-14(3,4)5-6-17/h17H,5-9H2,1-4H3,(H,15,18). The van der Waals surface area contributed by atoms with E-state index >= 15 is 0 Å². The van der Waals surface area contributed by atoms with E-state index in [0.717, 1.165) is 22.8 Å². The number of aryl methyl sites for hydroxylation is 2. The van der Waals surface area contributed by atoms with E-state index in [9.17, 15) is 4.79 Å². The smallest absolute Gasteiger partial charge is 0.230 e. The van der Waals surface area contributed by atoms with Crippen molar-refractivity contribution in [2.24, 2.45) is 5.41 Å². The van der Waals surface area contributed by atoms with Crippen LogP contribution >= 0.6 is 11.8 Å². The van der Waals surface area contributed by atoms with Gasteiger partial charge in [0.1, 0.15) is 5.76 Å². The number of thioether (sulfide) groups is 1. The van der Waals surface area contributed by atoms with Gasteiger partial charge in [-0.25, -0.2) is 0 Å². The summed E-state index contributed by atoms with van der Waals surface area (Å²) in [6.07, 6.45) is 0.680. The maximum absolute atomic E-state index is 11.8. The molecule has 0 saturated carbocycles. The molecule has 0 unspecified atom stereocenters. The highest BCUT2D eigenvalue weighted by atomic mass is 32.2. The fourth-order valence-corrected chi connectivity index (χ4v) is 2.74. The molecule has 1 aromatic rings. The Morgan fingerprint density at radius 1 is 1.45 bits per heavy atom. The number of aliphatic hydroxyl groups excluding tert-OH is 1. The topological polar surface area (TPSA) is 75.4 Å². The lowest BCUT2D eigenvalue weighted by Gasteiger charge is -2.23. The van der Waals surface area contributed by atoms with Crippen LogP contribution in [0.25, 0.3) is 0 Å². The zero-order valence-electron chi connectivity index (χ0n) is 12.7. The second kappa shape index (κ2) is 7.69. The first-order chi connectivity index (χ1) is 9.35. The van der Waals surface area contributed by atoms with Gasteiger partial charge in [-0.2, -0.15) is 0 Å². The van der Waals surface area contributed by atoms with Crippen molar-refractivity contribution >= 4 is 17.7 Å². The summed E-state index contributed by atoms with van der Waals surface area (Å²) in [5.74, 6) is 1.99. The summed E-state index contributed by atoms with van der Waals surface area (Å²) in [5.41, 5.74) is 1.89. The van der Waals surface area contributed by atoms with Crippen LogP contribution in [0.4, 0.5) is 0 Å². The molecule has 1 rings (SSSR count). The van der Waals surface area contributed by atoms with Gasteiger partial charge in [0.2, 0.25) is 5.91 Å². The van der Waals surface area contributed by atoms with Gasteiger partial charge in [0.15, 0.2) is 0 Å². The van der Waals surface area contributed by atoms with E-state index in [2.05, 4.69) is 10.5 Å². The van der Waals surface area contributed by atoms with Crippen molar-refractivity contribution < 1.29 is 14.4 Å². The Morgan fingerprint density at radius 3 is 2.70 bits per heavy atom. The molecule has 5 nitrogen and oxygen atoms in total. The summed E-state index contributed by atoms with van der Waals surface area (Å²) < 4.78 is 5.08. The summed E-state index contributed by atoms with van der Waals surface area (Å²) in [6.45, 7) is 8.57. The van der Waals surface area contributed by atoms with E-state index in [1.54, 1.807) is 11.8 Å². The fourth-order valence-electron chi connectivity index (χ4n) is 1.73.